The lowest BCUT2D eigenvalue weighted by atomic mass is 9.87. The molecule has 2 rings (SSSR count). The average molecular weight is 440 g/mol. The fourth-order valence-electron chi connectivity index (χ4n) is 2.89. The van der Waals surface area contributed by atoms with Gasteiger partial charge in [0.1, 0.15) is 0 Å². The Morgan fingerprint density at radius 1 is 1.31 bits per heavy atom. The number of rotatable bonds is 9. The van der Waals surface area contributed by atoms with Crippen LogP contribution in [0.25, 0.3) is 0 Å². The van der Waals surface area contributed by atoms with Crippen molar-refractivity contribution in [3.63, 3.8) is 0 Å². The van der Waals surface area contributed by atoms with Crippen LogP contribution in [0, 0.1) is 5.41 Å². The maximum atomic E-state index is 11.9. The highest BCUT2D eigenvalue weighted by atomic mass is 32.2. The van der Waals surface area contributed by atoms with Gasteiger partial charge < -0.3 is 4.55 Å². The summed E-state index contributed by atoms with van der Waals surface area (Å²) in [5, 5.41) is 17.1. The first-order valence-corrected chi connectivity index (χ1v) is 11.4. The van der Waals surface area contributed by atoms with Crippen LogP contribution in [-0.4, -0.2) is 40.6 Å². The van der Waals surface area contributed by atoms with E-state index in [9.17, 15) is 13.6 Å². The number of nitrogens with one attached hydrogen (secondary N) is 1. The summed E-state index contributed by atoms with van der Waals surface area (Å²) in [7, 11) is 0. The zero-order valence-electron chi connectivity index (χ0n) is 17.0. The lowest BCUT2D eigenvalue weighted by Gasteiger charge is -2.27. The van der Waals surface area contributed by atoms with Gasteiger partial charge in [-0.3, -0.25) is 18.9 Å². The topological polar surface area (TPSA) is 120 Å². The normalized spacial score (nSPS) is 15.0. The molecule has 0 bridgehead atoms. The zero-order chi connectivity index (χ0) is 21.7. The zero-order valence-corrected chi connectivity index (χ0v) is 18.7. The molecule has 1 amide bonds. The van der Waals surface area contributed by atoms with Gasteiger partial charge in [-0.15, -0.1) is 16.9 Å². The number of aromatic nitrogens is 3. The Bertz CT molecular complexity index is 866. The van der Waals surface area contributed by atoms with Crippen molar-refractivity contribution < 1.29 is 18.8 Å². The first-order valence-electron chi connectivity index (χ1n) is 9.17. The van der Waals surface area contributed by atoms with E-state index in [1.165, 1.54) is 17.4 Å². The number of thioether (sulfide) groups is 1. The summed E-state index contributed by atoms with van der Waals surface area (Å²) >= 11 is -0.728. The molecule has 10 heteroatoms. The van der Waals surface area contributed by atoms with E-state index in [1.54, 1.807) is 28.1 Å². The van der Waals surface area contributed by atoms with Gasteiger partial charge in [0.05, 0.1) is 11.1 Å². The van der Waals surface area contributed by atoms with Crippen molar-refractivity contribution in [1.29, 1.82) is 0 Å². The molecule has 2 unspecified atom stereocenters. The Balaban J connectivity index is 2.01. The molecule has 1 aromatic carbocycles. The molecule has 0 aliphatic rings. The lowest BCUT2D eigenvalue weighted by Crippen LogP contribution is -2.42. The molecular weight excluding hydrogens is 412 g/mol. The highest BCUT2D eigenvalue weighted by Gasteiger charge is 2.33. The first kappa shape index (κ1) is 23.5. The summed E-state index contributed by atoms with van der Waals surface area (Å²) in [6, 6.07) is 8.28. The van der Waals surface area contributed by atoms with Crippen molar-refractivity contribution in [2.24, 2.45) is 5.41 Å². The Hall–Kier alpha value is -1.75. The van der Waals surface area contributed by atoms with E-state index in [2.05, 4.69) is 43.2 Å². The van der Waals surface area contributed by atoms with Gasteiger partial charge in [0.2, 0.25) is 5.91 Å². The first-order chi connectivity index (χ1) is 13.5. The number of amides is 1. The molecule has 160 valence electrons. The standard InChI is InChI=1S/C19H28N4O4S2/c1-18(2,3)15-7-5-6-8-16(15)28-12-14-11-23(22-20-14)10-9-19(4,13-29(26)27)17(24)21-25/h5-8,11,25H,9-10,12-13H2,1-4H3,(H,21,24)(H,26,27)/p-1. The van der Waals surface area contributed by atoms with Gasteiger partial charge in [-0.25, -0.2) is 5.48 Å². The molecule has 2 N–H and O–H groups in total. The Labute approximate surface area is 177 Å². The smallest absolute Gasteiger partial charge is 0.250 e. The Morgan fingerprint density at radius 2 is 2.00 bits per heavy atom. The van der Waals surface area contributed by atoms with Gasteiger partial charge in [0.15, 0.2) is 0 Å². The SMILES string of the molecule is CC(CCn1cc(CSc2ccccc2C(C)(C)C)nn1)(CS(=O)[O-])C(=O)NO. The number of carbonyl (C=O) groups is 1. The minimum atomic E-state index is -2.41. The second-order valence-electron chi connectivity index (χ2n) is 8.21. The summed E-state index contributed by atoms with van der Waals surface area (Å²) in [6.07, 6.45) is 1.98. The number of aryl methyl sites for hydroxylation is 1. The highest BCUT2D eigenvalue weighted by molar-refractivity contribution is 7.98. The third-order valence-corrected chi connectivity index (χ3v) is 6.62. The van der Waals surface area contributed by atoms with E-state index in [-0.39, 0.29) is 17.6 Å². The van der Waals surface area contributed by atoms with Crippen LogP contribution in [0.3, 0.4) is 0 Å². The van der Waals surface area contributed by atoms with E-state index < -0.39 is 22.4 Å². The molecule has 2 aromatic rings. The molecule has 8 nitrogen and oxygen atoms in total. The highest BCUT2D eigenvalue weighted by Crippen LogP contribution is 2.33. The number of hydroxylamine groups is 1. The largest absolute Gasteiger partial charge is 0.772 e. The van der Waals surface area contributed by atoms with Crippen LogP contribution < -0.4 is 5.48 Å². The van der Waals surface area contributed by atoms with Gasteiger partial charge in [-0.1, -0.05) is 55.3 Å². The maximum absolute atomic E-state index is 11.9. The Morgan fingerprint density at radius 3 is 2.62 bits per heavy atom. The molecule has 29 heavy (non-hydrogen) atoms. The molecule has 1 heterocycles. The monoisotopic (exact) mass is 439 g/mol. The van der Waals surface area contributed by atoms with Crippen LogP contribution in [-0.2, 0) is 33.6 Å². The number of benzene rings is 1. The predicted molar refractivity (Wildman–Crippen MR) is 111 cm³/mol. The molecule has 0 fully saturated rings. The number of hydrogen-bond acceptors (Lipinski definition) is 7. The van der Waals surface area contributed by atoms with Gasteiger partial charge in [-0.2, -0.15) is 0 Å². The van der Waals surface area contributed by atoms with E-state index in [0.717, 1.165) is 5.69 Å². The van der Waals surface area contributed by atoms with Crippen molar-refractivity contribution in [2.75, 3.05) is 5.75 Å². The molecule has 0 spiro atoms. The van der Waals surface area contributed by atoms with Gasteiger partial charge in [0, 0.05) is 29.1 Å². The molecular formula is C19H27N4O4S2-. The van der Waals surface area contributed by atoms with Gasteiger partial charge in [-0.05, 0) is 30.4 Å². The number of carbonyl (C=O) groups excluding carboxylic acids is 1. The predicted octanol–water partition coefficient (Wildman–Crippen LogP) is 2.65. The average Bonchev–Trinajstić information content (AvgIpc) is 3.11. The van der Waals surface area contributed by atoms with E-state index >= 15 is 0 Å². The van der Waals surface area contributed by atoms with E-state index in [1.807, 2.05) is 12.1 Å². The third kappa shape index (κ3) is 6.63. The number of hydrogen-bond donors (Lipinski definition) is 2. The maximum Gasteiger partial charge on any atom is 0.250 e. The van der Waals surface area contributed by atoms with Crippen molar-refractivity contribution in [1.82, 2.24) is 20.5 Å². The van der Waals surface area contributed by atoms with Crippen molar-refractivity contribution >= 4 is 28.7 Å². The quantitative estimate of drug-likeness (QED) is 0.267. The molecule has 0 saturated heterocycles. The fraction of sp³-hybridized carbons (Fsp3) is 0.526. The second-order valence-corrected chi connectivity index (χ2v) is 10.1. The molecule has 2 atom stereocenters. The summed E-state index contributed by atoms with van der Waals surface area (Å²) in [5.74, 6) is -0.483. The van der Waals surface area contributed by atoms with Gasteiger partial charge >= 0.3 is 0 Å². The van der Waals surface area contributed by atoms with Crippen molar-refractivity contribution in [3.8, 4) is 0 Å². The van der Waals surface area contributed by atoms with Crippen molar-refractivity contribution in [3.05, 3.63) is 41.7 Å². The number of nitrogens with zero attached hydrogens (tertiary/aromatic N) is 3. The molecule has 0 radical (unpaired) electrons. The van der Waals surface area contributed by atoms with E-state index in [0.29, 0.717) is 12.3 Å². The summed E-state index contributed by atoms with van der Waals surface area (Å²) < 4.78 is 23.7. The summed E-state index contributed by atoms with van der Waals surface area (Å²) in [5.41, 5.74) is 2.40. The molecule has 0 saturated carbocycles. The van der Waals surface area contributed by atoms with Crippen LogP contribution >= 0.6 is 11.8 Å². The summed E-state index contributed by atoms with van der Waals surface area (Å²) in [6.45, 7) is 8.33. The summed E-state index contributed by atoms with van der Waals surface area (Å²) in [4.78, 5) is 13.1. The molecule has 1 aromatic heterocycles. The van der Waals surface area contributed by atoms with Crippen LogP contribution in [0.5, 0.6) is 0 Å². The second kappa shape index (κ2) is 9.84. The van der Waals surface area contributed by atoms with Crippen molar-refractivity contribution in [2.45, 2.75) is 56.7 Å². The lowest BCUT2D eigenvalue weighted by molar-refractivity contribution is -0.138. The fourth-order valence-corrected chi connectivity index (χ4v) is 4.82. The minimum Gasteiger partial charge on any atom is -0.772 e. The van der Waals surface area contributed by atoms with Gasteiger partial charge in [0.25, 0.3) is 0 Å². The van der Waals surface area contributed by atoms with Crippen LogP contribution in [0.1, 0.15) is 45.4 Å². The Kier molecular flexibility index (Phi) is 7.98. The van der Waals surface area contributed by atoms with Crippen LogP contribution in [0.4, 0.5) is 0 Å². The molecule has 0 aliphatic carbocycles. The third-order valence-electron chi connectivity index (χ3n) is 4.64. The van der Waals surface area contributed by atoms with E-state index in [4.69, 9.17) is 5.21 Å². The van der Waals surface area contributed by atoms with Crippen LogP contribution in [0.2, 0.25) is 0 Å². The van der Waals surface area contributed by atoms with Crippen LogP contribution in [0.15, 0.2) is 35.4 Å². The minimum absolute atomic E-state index is 0.0423. The molecule has 0 aliphatic heterocycles.